The van der Waals surface area contributed by atoms with Gasteiger partial charge < -0.3 is 10.1 Å². The smallest absolute Gasteiger partial charge is 0.242 e. The van der Waals surface area contributed by atoms with Crippen molar-refractivity contribution >= 4 is 15.9 Å². The van der Waals surface area contributed by atoms with E-state index in [1.54, 1.807) is 37.4 Å². The highest BCUT2D eigenvalue weighted by molar-refractivity contribution is 7.89. The first-order valence-electron chi connectivity index (χ1n) is 8.84. The van der Waals surface area contributed by atoms with E-state index in [1.807, 2.05) is 24.3 Å². The topological polar surface area (TPSA) is 75.7 Å². The maximum absolute atomic E-state index is 12.4. The van der Waals surface area contributed by atoms with Crippen LogP contribution in [-0.4, -0.2) is 45.9 Å². The third-order valence-corrected chi connectivity index (χ3v) is 6.09. The third kappa shape index (κ3) is 6.37. The molecule has 0 atom stereocenters. The highest BCUT2D eigenvalue weighted by Gasteiger charge is 2.19. The van der Waals surface area contributed by atoms with E-state index >= 15 is 0 Å². The summed E-state index contributed by atoms with van der Waals surface area (Å²) >= 11 is 0. The quantitative estimate of drug-likeness (QED) is 0.676. The minimum Gasteiger partial charge on any atom is -0.497 e. The summed E-state index contributed by atoms with van der Waals surface area (Å²) < 4.78 is 31.2. The van der Waals surface area contributed by atoms with Gasteiger partial charge in [0.05, 0.1) is 12.0 Å². The molecule has 1 amide bonds. The van der Waals surface area contributed by atoms with Crippen molar-refractivity contribution in [2.24, 2.45) is 0 Å². The van der Waals surface area contributed by atoms with Gasteiger partial charge in [-0.1, -0.05) is 30.3 Å². The lowest BCUT2D eigenvalue weighted by Gasteiger charge is -2.17. The van der Waals surface area contributed by atoms with E-state index in [1.165, 1.54) is 11.4 Å². The maximum Gasteiger partial charge on any atom is 0.242 e. The number of carbonyl (C=O) groups is 1. The van der Waals surface area contributed by atoms with Crippen molar-refractivity contribution in [3.05, 3.63) is 60.2 Å². The van der Waals surface area contributed by atoms with Gasteiger partial charge in [-0.25, -0.2) is 12.7 Å². The molecule has 2 rings (SSSR count). The number of rotatable bonds is 10. The molecule has 2 aromatic rings. The Morgan fingerprint density at radius 1 is 1.07 bits per heavy atom. The lowest BCUT2D eigenvalue weighted by atomic mass is 10.1. The maximum atomic E-state index is 12.4. The Hall–Kier alpha value is -2.38. The van der Waals surface area contributed by atoms with E-state index in [0.717, 1.165) is 17.7 Å². The van der Waals surface area contributed by atoms with Crippen molar-refractivity contribution < 1.29 is 17.9 Å². The SMILES string of the molecule is COc1ccc(CCNC(=O)CCCN(C)S(=O)(=O)c2ccccc2)cc1. The van der Waals surface area contributed by atoms with E-state index < -0.39 is 10.0 Å². The van der Waals surface area contributed by atoms with Crippen LogP contribution in [0.5, 0.6) is 5.75 Å². The molecule has 0 unspecified atom stereocenters. The van der Waals surface area contributed by atoms with Crippen LogP contribution < -0.4 is 10.1 Å². The number of hydrogen-bond donors (Lipinski definition) is 1. The van der Waals surface area contributed by atoms with Gasteiger partial charge in [0.25, 0.3) is 0 Å². The highest BCUT2D eigenvalue weighted by atomic mass is 32.2. The summed E-state index contributed by atoms with van der Waals surface area (Å²) in [4.78, 5) is 12.2. The summed E-state index contributed by atoms with van der Waals surface area (Å²) in [5, 5.41) is 2.87. The summed E-state index contributed by atoms with van der Waals surface area (Å²) in [5.74, 6) is 0.728. The van der Waals surface area contributed by atoms with Crippen molar-refractivity contribution in [1.29, 1.82) is 0 Å². The first-order chi connectivity index (χ1) is 12.9. The van der Waals surface area contributed by atoms with E-state index in [2.05, 4.69) is 5.32 Å². The number of methoxy groups -OCH3 is 1. The summed E-state index contributed by atoms with van der Waals surface area (Å²) in [6, 6.07) is 16.0. The van der Waals surface area contributed by atoms with Crippen molar-refractivity contribution in [2.45, 2.75) is 24.2 Å². The zero-order valence-electron chi connectivity index (χ0n) is 15.7. The van der Waals surface area contributed by atoms with Gasteiger partial charge in [-0.3, -0.25) is 4.79 Å². The Balaban J connectivity index is 1.69. The van der Waals surface area contributed by atoms with Crippen LogP contribution in [0, 0.1) is 0 Å². The second-order valence-electron chi connectivity index (χ2n) is 6.19. The summed E-state index contributed by atoms with van der Waals surface area (Å²) in [6.07, 6.45) is 1.49. The molecule has 0 fully saturated rings. The number of sulfonamides is 1. The molecule has 7 heteroatoms. The minimum atomic E-state index is -3.50. The fraction of sp³-hybridized carbons (Fsp3) is 0.350. The molecular weight excluding hydrogens is 364 g/mol. The lowest BCUT2D eigenvalue weighted by molar-refractivity contribution is -0.121. The number of benzene rings is 2. The average Bonchev–Trinajstić information content (AvgIpc) is 2.69. The normalized spacial score (nSPS) is 11.4. The molecule has 0 bridgehead atoms. The van der Waals surface area contributed by atoms with Crippen LogP contribution >= 0.6 is 0 Å². The molecule has 27 heavy (non-hydrogen) atoms. The first kappa shape index (κ1) is 20.9. The van der Waals surface area contributed by atoms with Crippen LogP contribution in [0.2, 0.25) is 0 Å². The average molecular weight is 391 g/mol. The van der Waals surface area contributed by atoms with Gasteiger partial charge in [0.15, 0.2) is 0 Å². The minimum absolute atomic E-state index is 0.0750. The molecule has 2 aromatic carbocycles. The number of nitrogens with one attached hydrogen (secondary N) is 1. The van der Waals surface area contributed by atoms with Gasteiger partial charge >= 0.3 is 0 Å². The molecule has 0 aliphatic heterocycles. The molecule has 0 aromatic heterocycles. The van der Waals surface area contributed by atoms with Gasteiger partial charge in [0.1, 0.15) is 5.75 Å². The van der Waals surface area contributed by atoms with Gasteiger partial charge in [0, 0.05) is 26.6 Å². The van der Waals surface area contributed by atoms with Crippen molar-refractivity contribution in [3.8, 4) is 5.75 Å². The van der Waals surface area contributed by atoms with E-state index in [4.69, 9.17) is 4.74 Å². The predicted molar refractivity (Wildman–Crippen MR) is 105 cm³/mol. The number of carbonyl (C=O) groups excluding carboxylic acids is 1. The highest BCUT2D eigenvalue weighted by Crippen LogP contribution is 2.14. The molecule has 146 valence electrons. The predicted octanol–water partition coefficient (Wildman–Crippen LogP) is 2.45. The fourth-order valence-electron chi connectivity index (χ4n) is 2.58. The summed E-state index contributed by atoms with van der Waals surface area (Å²) in [6.45, 7) is 0.840. The Bertz CT molecular complexity index is 821. The molecule has 0 radical (unpaired) electrons. The molecule has 0 saturated heterocycles. The van der Waals surface area contributed by atoms with Crippen molar-refractivity contribution in [3.63, 3.8) is 0 Å². The zero-order valence-corrected chi connectivity index (χ0v) is 16.5. The largest absolute Gasteiger partial charge is 0.497 e. The van der Waals surface area contributed by atoms with Gasteiger partial charge in [0.2, 0.25) is 15.9 Å². The molecule has 0 aliphatic rings. The number of ether oxygens (including phenoxy) is 1. The molecule has 0 heterocycles. The molecule has 6 nitrogen and oxygen atoms in total. The third-order valence-electron chi connectivity index (χ3n) is 4.22. The monoisotopic (exact) mass is 390 g/mol. The summed E-state index contributed by atoms with van der Waals surface area (Å²) in [7, 11) is -0.350. The van der Waals surface area contributed by atoms with Crippen LogP contribution in [0.15, 0.2) is 59.5 Å². The standard InChI is InChI=1S/C20H26N2O4S/c1-22(27(24,25)19-7-4-3-5-8-19)16-6-9-20(23)21-15-14-17-10-12-18(26-2)13-11-17/h3-5,7-8,10-13H,6,9,14-16H2,1-2H3,(H,21,23). The molecule has 0 spiro atoms. The van der Waals surface area contributed by atoms with Gasteiger partial charge in [-0.2, -0.15) is 0 Å². The van der Waals surface area contributed by atoms with Crippen LogP contribution in [0.25, 0.3) is 0 Å². The van der Waals surface area contributed by atoms with E-state index in [0.29, 0.717) is 19.5 Å². The Morgan fingerprint density at radius 3 is 2.37 bits per heavy atom. The van der Waals surface area contributed by atoms with E-state index in [-0.39, 0.29) is 17.2 Å². The van der Waals surface area contributed by atoms with Crippen molar-refractivity contribution in [1.82, 2.24) is 9.62 Å². The van der Waals surface area contributed by atoms with Crippen LogP contribution in [0.3, 0.4) is 0 Å². The van der Waals surface area contributed by atoms with Crippen LogP contribution in [0.1, 0.15) is 18.4 Å². The van der Waals surface area contributed by atoms with E-state index in [9.17, 15) is 13.2 Å². The Kier molecular flexibility index (Phi) is 7.82. The molecule has 0 saturated carbocycles. The van der Waals surface area contributed by atoms with Crippen LogP contribution in [-0.2, 0) is 21.2 Å². The molecular formula is C20H26N2O4S. The number of hydrogen-bond acceptors (Lipinski definition) is 4. The number of nitrogens with zero attached hydrogens (tertiary/aromatic N) is 1. The Labute approximate surface area is 161 Å². The van der Waals surface area contributed by atoms with Crippen molar-refractivity contribution in [2.75, 3.05) is 27.2 Å². The second-order valence-corrected chi connectivity index (χ2v) is 8.24. The van der Waals surface area contributed by atoms with Gasteiger partial charge in [-0.15, -0.1) is 0 Å². The number of amides is 1. The zero-order chi connectivity index (χ0) is 19.7. The molecule has 0 aliphatic carbocycles. The molecule has 1 N–H and O–H groups in total. The Morgan fingerprint density at radius 2 is 1.74 bits per heavy atom. The summed E-state index contributed by atoms with van der Waals surface area (Å²) in [5.41, 5.74) is 1.12. The lowest BCUT2D eigenvalue weighted by Crippen LogP contribution is -2.30. The fourth-order valence-corrected chi connectivity index (χ4v) is 3.81. The first-order valence-corrected chi connectivity index (χ1v) is 10.3. The van der Waals surface area contributed by atoms with Gasteiger partial charge in [-0.05, 0) is 42.7 Å². The second kappa shape index (κ2) is 10.1. The van der Waals surface area contributed by atoms with Crippen LogP contribution in [0.4, 0.5) is 0 Å².